The molecule has 4 heteroatoms. The van der Waals surface area contributed by atoms with Gasteiger partial charge in [0.15, 0.2) is 5.78 Å². The maximum atomic E-state index is 12.7. The largest absolute Gasteiger partial charge is 0.396 e. The molecule has 0 spiro atoms. The third kappa shape index (κ3) is 4.94. The first-order valence-corrected chi connectivity index (χ1v) is 6.09. The van der Waals surface area contributed by atoms with Crippen molar-refractivity contribution in [2.45, 2.75) is 32.2 Å². The Bertz CT molecular complexity index is 387. The molecule has 0 amide bonds. The molecular weight excluding hydrogens is 233 g/mol. The number of nitrogens with one attached hydrogen (secondary N) is 1. The fourth-order valence-electron chi connectivity index (χ4n) is 1.66. The van der Waals surface area contributed by atoms with Crippen LogP contribution in [0.3, 0.4) is 0 Å². The standard InChI is InChI=1S/C14H20FNO2/c1-14(2,8-10-17)16-9-7-13(18)11-3-5-12(15)6-4-11/h3-6,16-17H,7-10H2,1-2H3. The van der Waals surface area contributed by atoms with Crippen LogP contribution in [0.2, 0.25) is 0 Å². The van der Waals surface area contributed by atoms with Crippen molar-refractivity contribution in [3.8, 4) is 0 Å². The number of halogens is 1. The molecule has 1 aromatic carbocycles. The van der Waals surface area contributed by atoms with E-state index < -0.39 is 0 Å². The summed E-state index contributed by atoms with van der Waals surface area (Å²) in [7, 11) is 0. The van der Waals surface area contributed by atoms with E-state index in [-0.39, 0.29) is 23.7 Å². The highest BCUT2D eigenvalue weighted by Gasteiger charge is 2.16. The second-order valence-electron chi connectivity index (χ2n) is 4.96. The number of Topliss-reactive ketones (excluding diaryl/α,β-unsaturated/α-hetero) is 1. The van der Waals surface area contributed by atoms with Gasteiger partial charge in [-0.3, -0.25) is 4.79 Å². The Morgan fingerprint density at radius 1 is 1.33 bits per heavy atom. The van der Waals surface area contributed by atoms with Gasteiger partial charge in [0.25, 0.3) is 0 Å². The highest BCUT2D eigenvalue weighted by atomic mass is 19.1. The van der Waals surface area contributed by atoms with Crippen LogP contribution in [0.5, 0.6) is 0 Å². The zero-order chi connectivity index (χ0) is 13.6. The Balaban J connectivity index is 2.40. The number of rotatable bonds is 7. The summed E-state index contributed by atoms with van der Waals surface area (Å²) in [6.45, 7) is 4.62. The maximum Gasteiger partial charge on any atom is 0.164 e. The number of hydrogen-bond donors (Lipinski definition) is 2. The first kappa shape index (κ1) is 14.8. The Morgan fingerprint density at radius 3 is 2.50 bits per heavy atom. The van der Waals surface area contributed by atoms with Gasteiger partial charge in [-0.25, -0.2) is 4.39 Å². The summed E-state index contributed by atoms with van der Waals surface area (Å²) < 4.78 is 12.7. The predicted molar refractivity (Wildman–Crippen MR) is 69.1 cm³/mol. The molecule has 100 valence electrons. The minimum Gasteiger partial charge on any atom is -0.396 e. The van der Waals surface area contributed by atoms with Crippen molar-refractivity contribution >= 4 is 5.78 Å². The molecule has 0 aliphatic heterocycles. The molecule has 0 aromatic heterocycles. The topological polar surface area (TPSA) is 49.3 Å². The van der Waals surface area contributed by atoms with E-state index in [1.165, 1.54) is 24.3 Å². The minimum atomic E-state index is -0.339. The van der Waals surface area contributed by atoms with Crippen LogP contribution in [0.15, 0.2) is 24.3 Å². The number of ketones is 1. The molecule has 0 saturated carbocycles. The van der Waals surface area contributed by atoms with E-state index in [9.17, 15) is 9.18 Å². The highest BCUT2D eigenvalue weighted by Crippen LogP contribution is 2.09. The van der Waals surface area contributed by atoms with Crippen molar-refractivity contribution in [1.82, 2.24) is 5.32 Å². The average Bonchev–Trinajstić information content (AvgIpc) is 2.29. The van der Waals surface area contributed by atoms with Gasteiger partial charge in [-0.1, -0.05) is 0 Å². The molecular formula is C14H20FNO2. The minimum absolute atomic E-state index is 0.0118. The molecule has 0 aliphatic carbocycles. The first-order chi connectivity index (χ1) is 8.44. The van der Waals surface area contributed by atoms with Gasteiger partial charge >= 0.3 is 0 Å². The van der Waals surface area contributed by atoms with Gasteiger partial charge in [0, 0.05) is 30.7 Å². The van der Waals surface area contributed by atoms with Crippen LogP contribution in [-0.4, -0.2) is 29.6 Å². The van der Waals surface area contributed by atoms with Crippen LogP contribution in [0.4, 0.5) is 4.39 Å². The quantitative estimate of drug-likeness (QED) is 0.732. The lowest BCUT2D eigenvalue weighted by atomic mass is 10.0. The SMILES string of the molecule is CC(C)(CCO)NCCC(=O)c1ccc(F)cc1. The third-order valence-electron chi connectivity index (χ3n) is 2.86. The van der Waals surface area contributed by atoms with Crippen molar-refractivity contribution in [3.63, 3.8) is 0 Å². The molecule has 2 N–H and O–H groups in total. The average molecular weight is 253 g/mol. The predicted octanol–water partition coefficient (Wildman–Crippen LogP) is 2.15. The molecule has 1 rings (SSSR count). The Kier molecular flexibility index (Phi) is 5.44. The van der Waals surface area contributed by atoms with E-state index in [0.717, 1.165) is 0 Å². The smallest absolute Gasteiger partial charge is 0.164 e. The summed E-state index contributed by atoms with van der Waals surface area (Å²) in [5, 5.41) is 12.1. The molecule has 0 saturated heterocycles. The molecule has 18 heavy (non-hydrogen) atoms. The molecule has 0 radical (unpaired) electrons. The number of aliphatic hydroxyl groups is 1. The highest BCUT2D eigenvalue weighted by molar-refractivity contribution is 5.96. The van der Waals surface area contributed by atoms with Crippen molar-refractivity contribution in [3.05, 3.63) is 35.6 Å². The monoisotopic (exact) mass is 253 g/mol. The fourth-order valence-corrected chi connectivity index (χ4v) is 1.66. The zero-order valence-electron chi connectivity index (χ0n) is 10.9. The summed E-state index contributed by atoms with van der Waals surface area (Å²) in [4.78, 5) is 11.8. The van der Waals surface area contributed by atoms with Crippen LogP contribution in [0, 0.1) is 5.82 Å². The van der Waals surface area contributed by atoms with Gasteiger partial charge in [-0.05, 0) is 44.5 Å². The van der Waals surface area contributed by atoms with Gasteiger partial charge in [0.1, 0.15) is 5.82 Å². The van der Waals surface area contributed by atoms with Crippen molar-refractivity contribution < 1.29 is 14.3 Å². The van der Waals surface area contributed by atoms with Crippen LogP contribution >= 0.6 is 0 Å². The number of aliphatic hydroxyl groups excluding tert-OH is 1. The summed E-state index contributed by atoms with van der Waals surface area (Å²) in [5.41, 5.74) is 0.343. The summed E-state index contributed by atoms with van der Waals surface area (Å²) in [6, 6.07) is 5.57. The Hall–Kier alpha value is -1.26. The first-order valence-electron chi connectivity index (χ1n) is 6.09. The zero-order valence-corrected chi connectivity index (χ0v) is 10.9. The van der Waals surface area contributed by atoms with Crippen LogP contribution in [0.25, 0.3) is 0 Å². The molecule has 3 nitrogen and oxygen atoms in total. The lowest BCUT2D eigenvalue weighted by Crippen LogP contribution is -2.41. The summed E-state index contributed by atoms with van der Waals surface area (Å²) >= 11 is 0. The molecule has 0 atom stereocenters. The molecule has 0 aliphatic rings. The molecule has 0 fully saturated rings. The number of carbonyl (C=O) groups excluding carboxylic acids is 1. The number of carbonyl (C=O) groups is 1. The summed E-state index contributed by atoms with van der Waals surface area (Å²) in [6.07, 6.45) is 0.998. The van der Waals surface area contributed by atoms with E-state index in [1.807, 2.05) is 13.8 Å². The van der Waals surface area contributed by atoms with E-state index in [1.54, 1.807) is 0 Å². The van der Waals surface area contributed by atoms with E-state index >= 15 is 0 Å². The van der Waals surface area contributed by atoms with Gasteiger partial charge in [-0.15, -0.1) is 0 Å². The number of benzene rings is 1. The van der Waals surface area contributed by atoms with Crippen molar-refractivity contribution in [2.24, 2.45) is 0 Å². The Morgan fingerprint density at radius 2 is 1.94 bits per heavy atom. The van der Waals surface area contributed by atoms with E-state index in [0.29, 0.717) is 24.9 Å². The normalized spacial score (nSPS) is 11.6. The number of hydrogen-bond acceptors (Lipinski definition) is 3. The van der Waals surface area contributed by atoms with Crippen molar-refractivity contribution in [1.29, 1.82) is 0 Å². The molecule has 0 bridgehead atoms. The van der Waals surface area contributed by atoms with Gasteiger partial charge in [0.2, 0.25) is 0 Å². The van der Waals surface area contributed by atoms with Crippen LogP contribution in [0.1, 0.15) is 37.0 Å². The lowest BCUT2D eigenvalue weighted by molar-refractivity contribution is 0.0979. The molecule has 0 heterocycles. The van der Waals surface area contributed by atoms with Gasteiger partial charge < -0.3 is 10.4 Å². The second kappa shape index (κ2) is 6.61. The van der Waals surface area contributed by atoms with Crippen LogP contribution in [-0.2, 0) is 0 Å². The lowest BCUT2D eigenvalue weighted by Gasteiger charge is -2.25. The Labute approximate surface area is 107 Å². The fraction of sp³-hybridized carbons (Fsp3) is 0.500. The molecule has 0 unspecified atom stereocenters. The van der Waals surface area contributed by atoms with Gasteiger partial charge in [-0.2, -0.15) is 0 Å². The van der Waals surface area contributed by atoms with Gasteiger partial charge in [0.05, 0.1) is 0 Å². The third-order valence-corrected chi connectivity index (χ3v) is 2.86. The van der Waals surface area contributed by atoms with Crippen LogP contribution < -0.4 is 5.32 Å². The maximum absolute atomic E-state index is 12.7. The van der Waals surface area contributed by atoms with Crippen molar-refractivity contribution in [2.75, 3.05) is 13.2 Å². The van der Waals surface area contributed by atoms with E-state index in [2.05, 4.69) is 5.32 Å². The van der Waals surface area contributed by atoms with E-state index in [4.69, 9.17) is 5.11 Å². The molecule has 1 aromatic rings. The second-order valence-corrected chi connectivity index (χ2v) is 4.96. The summed E-state index contributed by atoms with van der Waals surface area (Å²) in [5.74, 6) is -0.351.